The Morgan fingerprint density at radius 1 is 1.41 bits per heavy atom. The fraction of sp³-hybridized carbons (Fsp3) is 1.00. The van der Waals surface area contributed by atoms with Gasteiger partial charge in [0.2, 0.25) is 0 Å². The Bertz CT molecular complexity index is 229. The molecule has 2 aliphatic heterocycles. The minimum absolute atomic E-state index is 0.529. The molecule has 0 aromatic carbocycles. The maximum absolute atomic E-state index is 10.3. The van der Waals surface area contributed by atoms with Gasteiger partial charge in [-0.05, 0) is 38.9 Å². The number of piperidine rings is 1. The smallest absolute Gasteiger partial charge is 0.0815 e. The van der Waals surface area contributed by atoms with Crippen molar-refractivity contribution in [2.75, 3.05) is 46.4 Å². The largest absolute Gasteiger partial charge is 0.388 e. The number of nitrogens with zero attached hydrogens (tertiary/aromatic N) is 1. The number of nitrogens with one attached hydrogen (secondary N) is 1. The molecule has 0 spiro atoms. The minimum Gasteiger partial charge on any atom is -0.388 e. The van der Waals surface area contributed by atoms with Gasteiger partial charge in [-0.3, -0.25) is 0 Å². The lowest BCUT2D eigenvalue weighted by atomic mass is 9.93. The molecule has 2 aliphatic rings. The summed E-state index contributed by atoms with van der Waals surface area (Å²) in [4.78, 5) is 2.40. The van der Waals surface area contributed by atoms with Gasteiger partial charge in [-0.25, -0.2) is 0 Å². The maximum atomic E-state index is 10.3. The van der Waals surface area contributed by atoms with Crippen LogP contribution >= 0.6 is 0 Å². The molecular weight excluding hydrogens is 216 g/mol. The number of hydrogen-bond donors (Lipinski definition) is 2. The van der Waals surface area contributed by atoms with Crippen LogP contribution in [0.15, 0.2) is 0 Å². The van der Waals surface area contributed by atoms with Crippen molar-refractivity contribution >= 4 is 0 Å². The van der Waals surface area contributed by atoms with Crippen molar-refractivity contribution in [1.82, 2.24) is 10.2 Å². The zero-order chi connectivity index (χ0) is 12.1. The number of hydrogen-bond acceptors (Lipinski definition) is 4. The highest BCUT2D eigenvalue weighted by atomic mass is 16.5. The Balaban J connectivity index is 1.64. The number of likely N-dealkylation sites (tertiary alicyclic amines) is 1. The van der Waals surface area contributed by atoms with Crippen LogP contribution in [0.1, 0.15) is 25.7 Å². The van der Waals surface area contributed by atoms with Crippen LogP contribution in [0.2, 0.25) is 0 Å². The summed E-state index contributed by atoms with van der Waals surface area (Å²) in [5.41, 5.74) is -0.529. The minimum atomic E-state index is -0.529. The Morgan fingerprint density at radius 3 is 2.88 bits per heavy atom. The van der Waals surface area contributed by atoms with E-state index in [1.54, 1.807) is 0 Å². The van der Waals surface area contributed by atoms with Gasteiger partial charge in [0.25, 0.3) is 0 Å². The maximum Gasteiger partial charge on any atom is 0.0815 e. The van der Waals surface area contributed by atoms with Gasteiger partial charge in [0.15, 0.2) is 0 Å². The number of ether oxygens (including phenoxy) is 1. The van der Waals surface area contributed by atoms with Crippen molar-refractivity contribution in [3.63, 3.8) is 0 Å². The van der Waals surface area contributed by atoms with Crippen LogP contribution in [0.25, 0.3) is 0 Å². The van der Waals surface area contributed by atoms with E-state index in [2.05, 4.69) is 17.3 Å². The molecule has 0 aliphatic carbocycles. The monoisotopic (exact) mass is 242 g/mol. The summed E-state index contributed by atoms with van der Waals surface area (Å²) in [5, 5.41) is 13.8. The van der Waals surface area contributed by atoms with E-state index in [9.17, 15) is 5.11 Å². The Kier molecular flexibility index (Phi) is 4.79. The first-order valence-electron chi connectivity index (χ1n) is 6.87. The molecule has 0 saturated carbocycles. The van der Waals surface area contributed by atoms with E-state index in [-0.39, 0.29) is 0 Å². The van der Waals surface area contributed by atoms with E-state index in [4.69, 9.17) is 4.74 Å². The molecular formula is C13H26N2O2. The van der Waals surface area contributed by atoms with Crippen LogP contribution in [0, 0.1) is 5.92 Å². The average molecular weight is 242 g/mol. The average Bonchev–Trinajstić information content (AvgIpc) is 2.30. The summed E-state index contributed by atoms with van der Waals surface area (Å²) < 4.78 is 5.28. The molecule has 0 bridgehead atoms. The van der Waals surface area contributed by atoms with Gasteiger partial charge < -0.3 is 20.1 Å². The first-order valence-corrected chi connectivity index (χ1v) is 6.87. The molecule has 2 saturated heterocycles. The predicted octanol–water partition coefficient (Wildman–Crippen LogP) is 0.459. The third-order valence-electron chi connectivity index (χ3n) is 4.03. The van der Waals surface area contributed by atoms with Gasteiger partial charge in [-0.1, -0.05) is 0 Å². The first kappa shape index (κ1) is 13.3. The Morgan fingerprint density at radius 2 is 2.18 bits per heavy atom. The van der Waals surface area contributed by atoms with Crippen LogP contribution in [-0.2, 0) is 4.74 Å². The van der Waals surface area contributed by atoms with E-state index in [1.165, 1.54) is 25.9 Å². The predicted molar refractivity (Wildman–Crippen MR) is 68.1 cm³/mol. The molecule has 1 unspecified atom stereocenters. The molecule has 0 amide bonds. The third kappa shape index (κ3) is 4.21. The molecule has 0 aromatic rings. The van der Waals surface area contributed by atoms with E-state index in [1.807, 2.05) is 0 Å². The molecule has 0 radical (unpaired) electrons. The molecule has 100 valence electrons. The molecule has 4 heteroatoms. The first-order chi connectivity index (χ1) is 8.18. The second kappa shape index (κ2) is 6.14. The van der Waals surface area contributed by atoms with Crippen molar-refractivity contribution in [3.8, 4) is 0 Å². The van der Waals surface area contributed by atoms with Crippen molar-refractivity contribution in [3.05, 3.63) is 0 Å². The van der Waals surface area contributed by atoms with Crippen molar-refractivity contribution in [2.24, 2.45) is 5.92 Å². The fourth-order valence-corrected chi connectivity index (χ4v) is 2.88. The molecule has 17 heavy (non-hydrogen) atoms. The highest BCUT2D eigenvalue weighted by Crippen LogP contribution is 2.20. The number of aliphatic hydroxyl groups is 1. The normalized spacial score (nSPS) is 30.4. The molecule has 0 aromatic heterocycles. The zero-order valence-electron chi connectivity index (χ0n) is 11.0. The number of rotatable bonds is 4. The summed E-state index contributed by atoms with van der Waals surface area (Å²) in [6, 6.07) is 0. The van der Waals surface area contributed by atoms with Crippen molar-refractivity contribution in [1.29, 1.82) is 0 Å². The summed E-state index contributed by atoms with van der Waals surface area (Å²) in [6.07, 6.45) is 4.16. The van der Waals surface area contributed by atoms with Gasteiger partial charge in [0, 0.05) is 39.1 Å². The van der Waals surface area contributed by atoms with E-state index >= 15 is 0 Å². The van der Waals surface area contributed by atoms with Crippen molar-refractivity contribution in [2.45, 2.75) is 31.3 Å². The van der Waals surface area contributed by atoms with Crippen LogP contribution in [0.5, 0.6) is 0 Å². The molecule has 1 atom stereocenters. The topological polar surface area (TPSA) is 44.7 Å². The summed E-state index contributed by atoms with van der Waals surface area (Å²) in [6.45, 7) is 5.57. The highest BCUT2D eigenvalue weighted by Gasteiger charge is 2.29. The van der Waals surface area contributed by atoms with E-state index < -0.39 is 5.60 Å². The van der Waals surface area contributed by atoms with Crippen LogP contribution in [0.4, 0.5) is 0 Å². The Labute approximate surface area is 104 Å². The zero-order valence-corrected chi connectivity index (χ0v) is 11.0. The fourth-order valence-electron chi connectivity index (χ4n) is 2.88. The molecule has 2 fully saturated rings. The second-order valence-electron chi connectivity index (χ2n) is 5.74. The summed E-state index contributed by atoms with van der Waals surface area (Å²) in [7, 11) is 2.19. The summed E-state index contributed by atoms with van der Waals surface area (Å²) >= 11 is 0. The van der Waals surface area contributed by atoms with Gasteiger partial charge in [0.1, 0.15) is 0 Å². The SMILES string of the molecule is CN1CCCC(CNCC2(O)CCOCC2)C1. The van der Waals surface area contributed by atoms with E-state index in [0.717, 1.165) is 31.8 Å². The highest BCUT2D eigenvalue weighted by molar-refractivity contribution is 4.84. The molecule has 2 heterocycles. The van der Waals surface area contributed by atoms with Gasteiger partial charge >= 0.3 is 0 Å². The van der Waals surface area contributed by atoms with Crippen LogP contribution < -0.4 is 5.32 Å². The molecule has 2 N–H and O–H groups in total. The lowest BCUT2D eigenvalue weighted by Gasteiger charge is -2.34. The molecule has 2 rings (SSSR count). The van der Waals surface area contributed by atoms with Gasteiger partial charge in [0.05, 0.1) is 5.60 Å². The quantitative estimate of drug-likeness (QED) is 0.752. The van der Waals surface area contributed by atoms with Crippen LogP contribution in [0.3, 0.4) is 0 Å². The van der Waals surface area contributed by atoms with Crippen molar-refractivity contribution < 1.29 is 9.84 Å². The summed E-state index contributed by atoms with van der Waals surface area (Å²) in [5.74, 6) is 0.747. The third-order valence-corrected chi connectivity index (χ3v) is 4.03. The van der Waals surface area contributed by atoms with E-state index in [0.29, 0.717) is 13.2 Å². The lowest BCUT2D eigenvalue weighted by molar-refractivity contribution is -0.0620. The lowest BCUT2D eigenvalue weighted by Crippen LogP contribution is -2.47. The standard InChI is InChI=1S/C13H26N2O2/c1-15-6-2-3-12(10-15)9-14-11-13(16)4-7-17-8-5-13/h12,14,16H,2-11H2,1H3. The second-order valence-corrected chi connectivity index (χ2v) is 5.74. The Hall–Kier alpha value is -0.160. The van der Waals surface area contributed by atoms with Crippen LogP contribution in [-0.4, -0.2) is 62.0 Å². The van der Waals surface area contributed by atoms with Gasteiger partial charge in [-0.2, -0.15) is 0 Å². The molecule has 4 nitrogen and oxygen atoms in total. The van der Waals surface area contributed by atoms with Gasteiger partial charge in [-0.15, -0.1) is 0 Å².